The number of aliphatic carboxylic acids is 1. The molecule has 4 bridgehead atoms. The predicted octanol–water partition coefficient (Wildman–Crippen LogP) is 3.98. The van der Waals surface area contributed by atoms with Gasteiger partial charge < -0.3 is 28.9 Å². The lowest BCUT2D eigenvalue weighted by Crippen LogP contribution is -2.53. The summed E-state index contributed by atoms with van der Waals surface area (Å²) in [6.45, 7) is 12.6. The number of fused-ring (bicyclic) bond motifs is 4. The van der Waals surface area contributed by atoms with Gasteiger partial charge in [-0.2, -0.15) is 0 Å². The average Bonchev–Trinajstić information content (AvgIpc) is 3.59. The Bertz CT molecular complexity index is 1230. The van der Waals surface area contributed by atoms with E-state index in [4.69, 9.17) is 34.5 Å². The number of aromatic nitrogens is 1. The second-order valence-electron chi connectivity index (χ2n) is 13.9. The summed E-state index contributed by atoms with van der Waals surface area (Å²) < 4.78 is 22.5. The van der Waals surface area contributed by atoms with Gasteiger partial charge in [-0.3, -0.25) is 4.84 Å². The number of nitrogens with zero attached hydrogens (tertiary/aromatic N) is 2. The van der Waals surface area contributed by atoms with Gasteiger partial charge in [-0.25, -0.2) is 25.3 Å². The Morgan fingerprint density at radius 1 is 0.886 bits per heavy atom. The highest BCUT2D eigenvalue weighted by atomic mass is 32.1. The maximum atomic E-state index is 12.9. The third-order valence-corrected chi connectivity index (χ3v) is 8.54. The van der Waals surface area contributed by atoms with Crippen molar-refractivity contribution >= 4 is 35.0 Å². The van der Waals surface area contributed by atoms with Crippen LogP contribution < -0.4 is 5.90 Å². The maximum absolute atomic E-state index is 12.9. The number of aryl methyl sites for hydroxylation is 1. The van der Waals surface area contributed by atoms with E-state index in [2.05, 4.69) is 10.1 Å². The van der Waals surface area contributed by atoms with Crippen LogP contribution in [0.4, 0.5) is 0 Å². The molecule has 0 radical (unpaired) electrons. The molecule has 246 valence electrons. The molecule has 0 aromatic carbocycles. The summed E-state index contributed by atoms with van der Waals surface area (Å²) in [5, 5.41) is 15.7. The van der Waals surface area contributed by atoms with Gasteiger partial charge in [0.2, 0.25) is 11.3 Å². The standard InChI is InChI=1S/C18H24N2O6S.C12H21NO4/c1-10-19-13(9-27-10)14(15(21)22)20-26-18(16(23)25-17(2,3)4)7-11-5-6-12(8-18)24-11;1-11(2,3)16-10(14)12(17-13)6-8-4-5-9(7-12)15-8/h9,11-12H,5-8H2,1-4H3,(H,21,22);8-9H,4-7,13H2,1-3H3/b20-14-;. The Labute approximate surface area is 261 Å². The van der Waals surface area contributed by atoms with Crippen LogP contribution in [0.5, 0.6) is 0 Å². The number of esters is 2. The van der Waals surface area contributed by atoms with Gasteiger partial charge in [-0.05, 0) is 74.1 Å². The summed E-state index contributed by atoms with van der Waals surface area (Å²) in [5.41, 5.74) is -3.73. The number of ether oxygens (including phenoxy) is 4. The van der Waals surface area contributed by atoms with Crippen molar-refractivity contribution in [3.8, 4) is 0 Å². The lowest BCUT2D eigenvalue weighted by molar-refractivity contribution is -0.204. The van der Waals surface area contributed by atoms with E-state index in [1.54, 1.807) is 33.1 Å². The summed E-state index contributed by atoms with van der Waals surface area (Å²) in [7, 11) is 0. The zero-order valence-electron chi connectivity index (χ0n) is 26.5. The van der Waals surface area contributed by atoms with Crippen molar-refractivity contribution in [2.45, 2.75) is 147 Å². The van der Waals surface area contributed by atoms with Crippen LogP contribution in [0.25, 0.3) is 0 Å². The quantitative estimate of drug-likeness (QED) is 0.249. The molecule has 3 N–H and O–H groups in total. The van der Waals surface area contributed by atoms with E-state index in [9.17, 15) is 19.5 Å². The number of carbonyl (C=O) groups is 3. The van der Waals surface area contributed by atoms with E-state index >= 15 is 0 Å². The second kappa shape index (κ2) is 13.0. The number of hydrogen-bond acceptors (Lipinski definition) is 13. The SMILES string of the molecule is CC(C)(C)OC(=O)C1(ON)CC2CCC(C1)O2.Cc1nc(/C(=N/OC2(C(=O)OC(C)(C)C)CC3CCC(C2)O3)C(=O)O)cs1. The van der Waals surface area contributed by atoms with E-state index in [1.165, 1.54) is 11.3 Å². The molecule has 0 spiro atoms. The molecule has 13 nitrogen and oxygen atoms in total. The van der Waals surface area contributed by atoms with E-state index in [-0.39, 0.29) is 54.6 Å². The molecule has 4 unspecified atom stereocenters. The second-order valence-corrected chi connectivity index (χ2v) is 15.0. The number of carboxylic acids is 1. The third-order valence-electron chi connectivity index (χ3n) is 7.76. The summed E-state index contributed by atoms with van der Waals surface area (Å²) in [6.07, 6.45) is 5.06. The molecule has 4 aliphatic heterocycles. The van der Waals surface area contributed by atoms with Crippen molar-refractivity contribution < 1.29 is 48.1 Å². The van der Waals surface area contributed by atoms with Crippen LogP contribution >= 0.6 is 11.3 Å². The van der Waals surface area contributed by atoms with Gasteiger partial charge >= 0.3 is 17.9 Å². The molecule has 5 rings (SSSR count). The molecule has 5 heterocycles. The molecule has 14 heteroatoms. The van der Waals surface area contributed by atoms with E-state index in [0.29, 0.717) is 17.8 Å². The molecule has 0 saturated carbocycles. The van der Waals surface area contributed by atoms with Crippen LogP contribution in [0.2, 0.25) is 0 Å². The van der Waals surface area contributed by atoms with Crippen LogP contribution in [0.1, 0.15) is 104 Å². The van der Waals surface area contributed by atoms with Crippen molar-refractivity contribution in [1.29, 1.82) is 0 Å². The predicted molar refractivity (Wildman–Crippen MR) is 159 cm³/mol. The number of carboxylic acid groups (broad SMARTS) is 1. The summed E-state index contributed by atoms with van der Waals surface area (Å²) in [5.74, 6) is 3.17. The van der Waals surface area contributed by atoms with Crippen molar-refractivity contribution in [3.63, 3.8) is 0 Å². The van der Waals surface area contributed by atoms with E-state index < -0.39 is 34.3 Å². The van der Waals surface area contributed by atoms with Gasteiger partial charge in [-0.15, -0.1) is 11.3 Å². The molecule has 0 amide bonds. The van der Waals surface area contributed by atoms with E-state index in [0.717, 1.165) is 25.7 Å². The van der Waals surface area contributed by atoms with E-state index in [1.807, 2.05) is 20.8 Å². The molecule has 4 fully saturated rings. The Morgan fingerprint density at radius 3 is 1.68 bits per heavy atom. The monoisotopic (exact) mass is 639 g/mol. The number of oxime groups is 1. The number of hydrogen-bond donors (Lipinski definition) is 2. The molecule has 4 atom stereocenters. The first-order chi connectivity index (χ1) is 20.4. The van der Waals surface area contributed by atoms with Crippen molar-refractivity contribution in [2.75, 3.05) is 0 Å². The first-order valence-corrected chi connectivity index (χ1v) is 15.9. The fourth-order valence-corrected chi connectivity index (χ4v) is 6.53. The minimum Gasteiger partial charge on any atom is -0.476 e. The fraction of sp³-hybridized carbons (Fsp3) is 0.767. The minimum absolute atomic E-state index is 0.0739. The fourth-order valence-electron chi connectivity index (χ4n) is 5.93. The maximum Gasteiger partial charge on any atom is 0.360 e. The number of rotatable bonds is 7. The molecular weight excluding hydrogens is 594 g/mol. The van der Waals surface area contributed by atoms with Gasteiger partial charge in [0.25, 0.3) is 0 Å². The first kappa shape index (κ1) is 34.2. The van der Waals surface area contributed by atoms with Crippen LogP contribution in [-0.4, -0.2) is 80.5 Å². The molecule has 44 heavy (non-hydrogen) atoms. The lowest BCUT2D eigenvalue weighted by atomic mass is 9.90. The number of nitrogens with two attached hydrogens (primary N) is 1. The average molecular weight is 640 g/mol. The van der Waals surface area contributed by atoms with Crippen LogP contribution in [-0.2, 0) is 43.0 Å². The molecular formula is C30H45N3O10S. The Kier molecular flexibility index (Phi) is 10.1. The zero-order chi connectivity index (χ0) is 32.5. The Morgan fingerprint density at radius 2 is 1.32 bits per heavy atom. The molecule has 1 aromatic heterocycles. The van der Waals surface area contributed by atoms with Crippen LogP contribution in [0, 0.1) is 6.92 Å². The first-order valence-electron chi connectivity index (χ1n) is 15.0. The van der Waals surface area contributed by atoms with Crippen LogP contribution in [0.15, 0.2) is 10.5 Å². The zero-order valence-corrected chi connectivity index (χ0v) is 27.4. The van der Waals surface area contributed by atoms with Crippen LogP contribution in [0.3, 0.4) is 0 Å². The third kappa shape index (κ3) is 8.33. The molecule has 0 aliphatic carbocycles. The Balaban J connectivity index is 0.000000223. The smallest absolute Gasteiger partial charge is 0.360 e. The molecule has 1 aromatic rings. The number of carbonyl (C=O) groups excluding carboxylic acids is 2. The highest BCUT2D eigenvalue weighted by molar-refractivity contribution is 7.09. The van der Waals surface area contributed by atoms with Gasteiger partial charge in [0.1, 0.15) is 16.9 Å². The number of thiazole rings is 1. The van der Waals surface area contributed by atoms with Gasteiger partial charge in [-0.1, -0.05) is 5.16 Å². The van der Waals surface area contributed by atoms with Crippen molar-refractivity contribution in [1.82, 2.24) is 4.98 Å². The summed E-state index contributed by atoms with van der Waals surface area (Å²) in [6, 6.07) is 0. The topological polar surface area (TPSA) is 178 Å². The Hall–Kier alpha value is -2.65. The normalized spacial score (nSPS) is 31.5. The summed E-state index contributed by atoms with van der Waals surface area (Å²) >= 11 is 1.31. The molecule has 4 aliphatic rings. The van der Waals surface area contributed by atoms with Crippen molar-refractivity contribution in [3.05, 3.63) is 16.1 Å². The highest BCUT2D eigenvalue weighted by Crippen LogP contribution is 2.43. The lowest BCUT2D eigenvalue weighted by Gasteiger charge is -2.38. The minimum atomic E-state index is -1.36. The molecule has 4 saturated heterocycles. The summed E-state index contributed by atoms with van der Waals surface area (Å²) in [4.78, 5) is 51.6. The van der Waals surface area contributed by atoms with Crippen molar-refractivity contribution in [2.24, 2.45) is 11.1 Å². The van der Waals surface area contributed by atoms with Gasteiger partial charge in [0, 0.05) is 31.1 Å². The largest absolute Gasteiger partial charge is 0.476 e. The van der Waals surface area contributed by atoms with Gasteiger partial charge in [0.15, 0.2) is 5.60 Å². The van der Waals surface area contributed by atoms with Gasteiger partial charge in [0.05, 0.1) is 29.4 Å². The highest BCUT2D eigenvalue weighted by Gasteiger charge is 2.55.